The first-order chi connectivity index (χ1) is 6.65. The van der Waals surface area contributed by atoms with Gasteiger partial charge in [-0.15, -0.1) is 5.10 Å². The second-order valence-electron chi connectivity index (χ2n) is 3.83. The van der Waals surface area contributed by atoms with Crippen LogP contribution in [0.1, 0.15) is 46.0 Å². The van der Waals surface area contributed by atoms with Gasteiger partial charge >= 0.3 is 0 Å². The topological polar surface area (TPSA) is 55.6 Å². The van der Waals surface area contributed by atoms with Crippen molar-refractivity contribution in [3.8, 4) is 0 Å². The first-order valence-electron chi connectivity index (χ1n) is 5.15. The van der Waals surface area contributed by atoms with Crippen LogP contribution in [0.2, 0.25) is 0 Å². The Morgan fingerprint density at radius 1 is 1.36 bits per heavy atom. The maximum atomic E-state index is 4.00. The fourth-order valence-electron chi connectivity index (χ4n) is 1.14. The quantitative estimate of drug-likeness (QED) is 0.769. The van der Waals surface area contributed by atoms with Crippen molar-refractivity contribution in [2.24, 2.45) is 0 Å². The second kappa shape index (κ2) is 5.05. The molecule has 14 heavy (non-hydrogen) atoms. The fourth-order valence-corrected chi connectivity index (χ4v) is 1.14. The summed E-state index contributed by atoms with van der Waals surface area (Å²) in [5.74, 6) is 0.910. The molecule has 0 spiro atoms. The molecule has 1 atom stereocenters. The number of rotatable bonds is 5. The van der Waals surface area contributed by atoms with Gasteiger partial charge in [-0.3, -0.25) is 0 Å². The van der Waals surface area contributed by atoms with Crippen molar-refractivity contribution in [3.63, 3.8) is 0 Å². The van der Waals surface area contributed by atoms with Gasteiger partial charge in [0.2, 0.25) is 0 Å². The van der Waals surface area contributed by atoms with E-state index in [0.717, 1.165) is 18.8 Å². The number of nitrogens with zero attached hydrogens (tertiary/aromatic N) is 4. The molecule has 0 saturated heterocycles. The maximum absolute atomic E-state index is 4.00. The van der Waals surface area contributed by atoms with Crippen molar-refractivity contribution >= 4 is 0 Å². The summed E-state index contributed by atoms with van der Waals surface area (Å²) in [6.45, 7) is 9.20. The molecule has 1 aromatic rings. The Bertz CT molecular complexity index is 268. The third-order valence-electron chi connectivity index (χ3n) is 2.24. The Labute approximate surface area is 84.9 Å². The predicted octanol–water partition coefficient (Wildman–Crippen LogP) is 1.14. The molecule has 1 N–H and O–H groups in total. The molecule has 80 valence electrons. The zero-order valence-electron chi connectivity index (χ0n) is 9.36. The van der Waals surface area contributed by atoms with Crippen molar-refractivity contribution in [3.05, 3.63) is 5.82 Å². The van der Waals surface area contributed by atoms with Crippen molar-refractivity contribution in [1.82, 2.24) is 25.5 Å². The first-order valence-corrected chi connectivity index (χ1v) is 5.15. The van der Waals surface area contributed by atoms with Crippen LogP contribution >= 0.6 is 0 Å². The maximum Gasteiger partial charge on any atom is 0.165 e. The number of nitrogens with one attached hydrogen (secondary N) is 1. The SMILES string of the molecule is CCC(C)n1nnnc1CNC(C)C. The van der Waals surface area contributed by atoms with E-state index >= 15 is 0 Å². The Morgan fingerprint density at radius 2 is 2.07 bits per heavy atom. The summed E-state index contributed by atoms with van der Waals surface area (Å²) in [6.07, 6.45) is 1.04. The minimum atomic E-state index is 0.369. The van der Waals surface area contributed by atoms with Crippen LogP contribution in [0.3, 0.4) is 0 Å². The lowest BCUT2D eigenvalue weighted by atomic mass is 10.2. The van der Waals surface area contributed by atoms with Crippen molar-refractivity contribution in [2.45, 2.75) is 52.7 Å². The van der Waals surface area contributed by atoms with E-state index in [0.29, 0.717) is 12.1 Å². The minimum absolute atomic E-state index is 0.369. The van der Waals surface area contributed by atoms with Gasteiger partial charge in [0.1, 0.15) is 0 Å². The summed E-state index contributed by atoms with van der Waals surface area (Å²) in [7, 11) is 0. The van der Waals surface area contributed by atoms with Crippen molar-refractivity contribution in [2.75, 3.05) is 0 Å². The monoisotopic (exact) mass is 197 g/mol. The van der Waals surface area contributed by atoms with Crippen LogP contribution in [-0.4, -0.2) is 26.2 Å². The van der Waals surface area contributed by atoms with Gasteiger partial charge in [-0.05, 0) is 23.8 Å². The van der Waals surface area contributed by atoms with Gasteiger partial charge in [-0.2, -0.15) is 0 Å². The molecule has 1 heterocycles. The average molecular weight is 197 g/mol. The third-order valence-corrected chi connectivity index (χ3v) is 2.24. The molecule has 1 rings (SSSR count). The number of tetrazole rings is 1. The highest BCUT2D eigenvalue weighted by Crippen LogP contribution is 2.09. The van der Waals surface area contributed by atoms with Gasteiger partial charge in [-0.25, -0.2) is 4.68 Å². The Hall–Kier alpha value is -0.970. The van der Waals surface area contributed by atoms with E-state index in [1.165, 1.54) is 0 Å². The standard InChI is InChI=1S/C9H19N5/c1-5-8(4)14-9(11-12-13-14)6-10-7(2)3/h7-8,10H,5-6H2,1-4H3. The van der Waals surface area contributed by atoms with Gasteiger partial charge in [0.05, 0.1) is 12.6 Å². The van der Waals surface area contributed by atoms with E-state index in [1.54, 1.807) is 0 Å². The normalized spacial score (nSPS) is 13.5. The van der Waals surface area contributed by atoms with E-state index < -0.39 is 0 Å². The van der Waals surface area contributed by atoms with Crippen LogP contribution in [-0.2, 0) is 6.54 Å². The van der Waals surface area contributed by atoms with Gasteiger partial charge in [0.15, 0.2) is 5.82 Å². The van der Waals surface area contributed by atoms with Gasteiger partial charge in [0, 0.05) is 6.04 Å². The van der Waals surface area contributed by atoms with Crippen LogP contribution in [0.5, 0.6) is 0 Å². The molecule has 5 nitrogen and oxygen atoms in total. The van der Waals surface area contributed by atoms with Crippen molar-refractivity contribution in [1.29, 1.82) is 0 Å². The molecule has 0 aliphatic carbocycles. The summed E-state index contributed by atoms with van der Waals surface area (Å²) in [5, 5.41) is 15.0. The van der Waals surface area contributed by atoms with E-state index in [9.17, 15) is 0 Å². The summed E-state index contributed by atoms with van der Waals surface area (Å²) in [6, 6.07) is 0.825. The predicted molar refractivity (Wildman–Crippen MR) is 54.8 cm³/mol. The molecule has 5 heteroatoms. The number of hydrogen-bond acceptors (Lipinski definition) is 4. The highest BCUT2D eigenvalue weighted by molar-refractivity contribution is 4.83. The van der Waals surface area contributed by atoms with Crippen LogP contribution in [0.4, 0.5) is 0 Å². The second-order valence-corrected chi connectivity index (χ2v) is 3.83. The molecule has 0 bridgehead atoms. The van der Waals surface area contributed by atoms with Gasteiger partial charge in [-0.1, -0.05) is 20.8 Å². The van der Waals surface area contributed by atoms with Crippen LogP contribution < -0.4 is 5.32 Å². The molecule has 0 aliphatic rings. The van der Waals surface area contributed by atoms with E-state index in [1.807, 2.05) is 4.68 Å². The molecular weight excluding hydrogens is 178 g/mol. The van der Waals surface area contributed by atoms with Crippen LogP contribution in [0.15, 0.2) is 0 Å². The third kappa shape index (κ3) is 2.77. The van der Waals surface area contributed by atoms with Crippen LogP contribution in [0, 0.1) is 0 Å². The Kier molecular flexibility index (Phi) is 4.00. The zero-order valence-corrected chi connectivity index (χ0v) is 9.36. The van der Waals surface area contributed by atoms with Gasteiger partial charge < -0.3 is 5.32 Å². The molecule has 0 radical (unpaired) electrons. The molecular formula is C9H19N5. The van der Waals surface area contributed by atoms with E-state index in [-0.39, 0.29) is 0 Å². The van der Waals surface area contributed by atoms with Crippen molar-refractivity contribution < 1.29 is 0 Å². The molecule has 0 saturated carbocycles. The highest BCUT2D eigenvalue weighted by Gasteiger charge is 2.10. The Balaban J connectivity index is 2.62. The lowest BCUT2D eigenvalue weighted by Gasteiger charge is -2.12. The Morgan fingerprint density at radius 3 is 2.64 bits per heavy atom. The number of aromatic nitrogens is 4. The molecule has 0 aliphatic heterocycles. The molecule has 0 aromatic carbocycles. The van der Waals surface area contributed by atoms with Gasteiger partial charge in [0.25, 0.3) is 0 Å². The van der Waals surface area contributed by atoms with E-state index in [2.05, 4.69) is 48.5 Å². The minimum Gasteiger partial charge on any atom is -0.308 e. The average Bonchev–Trinajstić information content (AvgIpc) is 2.61. The number of hydrogen-bond donors (Lipinski definition) is 1. The zero-order chi connectivity index (χ0) is 10.6. The summed E-state index contributed by atoms with van der Waals surface area (Å²) >= 11 is 0. The fraction of sp³-hybridized carbons (Fsp3) is 0.889. The summed E-state index contributed by atoms with van der Waals surface area (Å²) < 4.78 is 1.88. The van der Waals surface area contributed by atoms with E-state index in [4.69, 9.17) is 0 Å². The largest absolute Gasteiger partial charge is 0.308 e. The summed E-state index contributed by atoms with van der Waals surface area (Å²) in [4.78, 5) is 0. The first kappa shape index (κ1) is 11.1. The molecule has 1 aromatic heterocycles. The molecule has 0 fully saturated rings. The lowest BCUT2D eigenvalue weighted by Crippen LogP contribution is -2.25. The molecule has 1 unspecified atom stereocenters. The van der Waals surface area contributed by atoms with Crippen LogP contribution in [0.25, 0.3) is 0 Å². The summed E-state index contributed by atoms with van der Waals surface area (Å²) in [5.41, 5.74) is 0. The smallest absolute Gasteiger partial charge is 0.165 e. The molecule has 0 amide bonds. The lowest BCUT2D eigenvalue weighted by molar-refractivity contribution is 0.434. The highest BCUT2D eigenvalue weighted by atomic mass is 15.6.